The Morgan fingerprint density at radius 2 is 1.52 bits per heavy atom. The molecule has 2 saturated carbocycles. The van der Waals surface area contributed by atoms with Gasteiger partial charge in [0.15, 0.2) is 0 Å². The number of fused-ring (bicyclic) bond motifs is 2. The first-order chi connectivity index (χ1) is 12.0. The third kappa shape index (κ3) is 3.09. The molecular formula is C20H25O5-. The van der Waals surface area contributed by atoms with Crippen LogP contribution in [-0.2, 0) is 4.74 Å². The van der Waals surface area contributed by atoms with Gasteiger partial charge >= 0.3 is 0 Å². The van der Waals surface area contributed by atoms with Crippen LogP contribution in [0.25, 0.3) is 0 Å². The fraction of sp³-hybridized carbons (Fsp3) is 0.650. The van der Waals surface area contributed by atoms with Crippen molar-refractivity contribution in [1.29, 1.82) is 0 Å². The SMILES string of the molecule is O=C([O-])c1ccccc1C1C2CCC(O)CC2OC2CC(O)CCC21. The van der Waals surface area contributed by atoms with Gasteiger partial charge in [-0.05, 0) is 61.8 Å². The molecule has 0 radical (unpaired) electrons. The van der Waals surface area contributed by atoms with Crippen LogP contribution in [0.2, 0.25) is 0 Å². The van der Waals surface area contributed by atoms with Crippen LogP contribution in [0.15, 0.2) is 24.3 Å². The molecule has 1 heterocycles. The molecule has 0 bridgehead atoms. The molecule has 4 rings (SSSR count). The second kappa shape index (κ2) is 6.71. The Morgan fingerprint density at radius 3 is 2.08 bits per heavy atom. The lowest BCUT2D eigenvalue weighted by Crippen LogP contribution is -2.52. The van der Waals surface area contributed by atoms with Gasteiger partial charge in [0, 0.05) is 5.56 Å². The van der Waals surface area contributed by atoms with Crippen molar-refractivity contribution in [3.63, 3.8) is 0 Å². The first kappa shape index (κ1) is 17.0. The average molecular weight is 345 g/mol. The second-order valence-electron chi connectivity index (χ2n) is 7.87. The summed E-state index contributed by atoms with van der Waals surface area (Å²) in [5, 5.41) is 31.8. The number of carboxylic acids is 1. The van der Waals surface area contributed by atoms with E-state index in [0.717, 1.165) is 31.2 Å². The number of carbonyl (C=O) groups excluding carboxylic acids is 1. The Labute approximate surface area is 147 Å². The molecule has 5 heteroatoms. The van der Waals surface area contributed by atoms with Gasteiger partial charge in [-0.25, -0.2) is 0 Å². The number of rotatable bonds is 2. The largest absolute Gasteiger partial charge is 0.545 e. The highest BCUT2D eigenvalue weighted by molar-refractivity contribution is 5.87. The number of carbonyl (C=O) groups is 1. The molecule has 25 heavy (non-hydrogen) atoms. The minimum absolute atomic E-state index is 0.0740. The van der Waals surface area contributed by atoms with Crippen molar-refractivity contribution >= 4 is 5.97 Å². The molecule has 136 valence electrons. The zero-order valence-electron chi connectivity index (χ0n) is 14.2. The molecule has 2 N–H and O–H groups in total. The molecular weight excluding hydrogens is 320 g/mol. The van der Waals surface area contributed by atoms with E-state index >= 15 is 0 Å². The topological polar surface area (TPSA) is 89.8 Å². The molecule has 1 saturated heterocycles. The summed E-state index contributed by atoms with van der Waals surface area (Å²) in [6.07, 6.45) is 3.45. The maximum Gasteiger partial charge on any atom is 0.0718 e. The van der Waals surface area contributed by atoms with Crippen LogP contribution >= 0.6 is 0 Å². The summed E-state index contributed by atoms with van der Waals surface area (Å²) in [5.74, 6) is -0.638. The van der Waals surface area contributed by atoms with Gasteiger partial charge in [0.2, 0.25) is 0 Å². The van der Waals surface area contributed by atoms with E-state index in [-0.39, 0.29) is 47.7 Å². The molecule has 3 aliphatic rings. The fourth-order valence-corrected chi connectivity index (χ4v) is 5.37. The van der Waals surface area contributed by atoms with Gasteiger partial charge in [-0.15, -0.1) is 0 Å². The summed E-state index contributed by atoms with van der Waals surface area (Å²) in [6.45, 7) is 0. The lowest BCUT2D eigenvalue weighted by atomic mass is 9.62. The van der Waals surface area contributed by atoms with E-state index < -0.39 is 5.97 Å². The Morgan fingerprint density at radius 1 is 0.960 bits per heavy atom. The number of aliphatic hydroxyl groups is 2. The highest BCUT2D eigenvalue weighted by Crippen LogP contribution is 2.52. The van der Waals surface area contributed by atoms with Gasteiger partial charge in [-0.2, -0.15) is 0 Å². The van der Waals surface area contributed by atoms with Crippen molar-refractivity contribution in [2.75, 3.05) is 0 Å². The van der Waals surface area contributed by atoms with E-state index in [1.807, 2.05) is 12.1 Å². The first-order valence-electron chi connectivity index (χ1n) is 9.36. The summed E-state index contributed by atoms with van der Waals surface area (Å²) in [7, 11) is 0. The van der Waals surface area contributed by atoms with Gasteiger partial charge in [0.05, 0.1) is 30.4 Å². The van der Waals surface area contributed by atoms with Gasteiger partial charge in [-0.1, -0.05) is 24.3 Å². The van der Waals surface area contributed by atoms with Crippen molar-refractivity contribution in [2.24, 2.45) is 11.8 Å². The minimum Gasteiger partial charge on any atom is -0.545 e. The normalized spacial score (nSPS) is 40.8. The molecule has 1 aromatic rings. The van der Waals surface area contributed by atoms with E-state index in [4.69, 9.17) is 4.74 Å². The van der Waals surface area contributed by atoms with Gasteiger partial charge in [-0.3, -0.25) is 0 Å². The molecule has 6 atom stereocenters. The average Bonchev–Trinajstić information content (AvgIpc) is 2.59. The quantitative estimate of drug-likeness (QED) is 0.841. The number of carboxylic acid groups (broad SMARTS) is 1. The van der Waals surface area contributed by atoms with Crippen molar-refractivity contribution in [2.45, 2.75) is 68.9 Å². The van der Waals surface area contributed by atoms with Crippen molar-refractivity contribution < 1.29 is 24.9 Å². The predicted octanol–water partition coefficient (Wildman–Crippen LogP) is 1.22. The molecule has 3 fully saturated rings. The summed E-state index contributed by atoms with van der Waals surface area (Å²) < 4.78 is 6.30. The van der Waals surface area contributed by atoms with E-state index in [1.54, 1.807) is 12.1 Å². The Balaban J connectivity index is 1.75. The van der Waals surface area contributed by atoms with Gasteiger partial charge < -0.3 is 24.9 Å². The summed E-state index contributed by atoms with van der Waals surface area (Å²) in [5.41, 5.74) is 1.10. The maximum absolute atomic E-state index is 11.7. The zero-order valence-corrected chi connectivity index (χ0v) is 14.2. The summed E-state index contributed by atoms with van der Waals surface area (Å²) >= 11 is 0. The van der Waals surface area contributed by atoms with Gasteiger partial charge in [0.25, 0.3) is 0 Å². The molecule has 1 aliphatic heterocycles. The monoisotopic (exact) mass is 345 g/mol. The van der Waals surface area contributed by atoms with E-state index in [1.165, 1.54) is 0 Å². The third-order valence-corrected chi connectivity index (χ3v) is 6.44. The van der Waals surface area contributed by atoms with Crippen LogP contribution in [0.1, 0.15) is 60.4 Å². The summed E-state index contributed by atoms with van der Waals surface area (Å²) in [6, 6.07) is 7.15. The molecule has 0 spiro atoms. The number of ether oxygens (including phenoxy) is 1. The summed E-state index contributed by atoms with van der Waals surface area (Å²) in [4.78, 5) is 11.7. The van der Waals surface area contributed by atoms with Crippen LogP contribution in [0, 0.1) is 11.8 Å². The fourth-order valence-electron chi connectivity index (χ4n) is 5.37. The highest BCUT2D eigenvalue weighted by atomic mass is 16.5. The smallest absolute Gasteiger partial charge is 0.0718 e. The van der Waals surface area contributed by atoms with Gasteiger partial charge in [0.1, 0.15) is 0 Å². The minimum atomic E-state index is -1.14. The maximum atomic E-state index is 11.7. The second-order valence-corrected chi connectivity index (χ2v) is 7.87. The Bertz CT molecular complexity index is 619. The first-order valence-corrected chi connectivity index (χ1v) is 9.36. The van der Waals surface area contributed by atoms with Crippen molar-refractivity contribution in [1.82, 2.24) is 0 Å². The van der Waals surface area contributed by atoms with E-state index in [2.05, 4.69) is 0 Å². The molecule has 2 aliphatic carbocycles. The van der Waals surface area contributed by atoms with E-state index in [9.17, 15) is 20.1 Å². The van der Waals surface area contributed by atoms with Crippen LogP contribution in [0.3, 0.4) is 0 Å². The molecule has 6 unspecified atom stereocenters. The zero-order chi connectivity index (χ0) is 17.6. The number of aliphatic hydroxyl groups excluding tert-OH is 2. The number of hydrogen-bond acceptors (Lipinski definition) is 5. The number of benzene rings is 1. The Kier molecular flexibility index (Phi) is 4.56. The van der Waals surface area contributed by atoms with Crippen molar-refractivity contribution in [3.05, 3.63) is 35.4 Å². The van der Waals surface area contributed by atoms with Crippen LogP contribution < -0.4 is 5.11 Å². The molecule has 0 aromatic heterocycles. The molecule has 0 amide bonds. The number of hydrogen-bond donors (Lipinski definition) is 2. The van der Waals surface area contributed by atoms with Crippen molar-refractivity contribution in [3.8, 4) is 0 Å². The van der Waals surface area contributed by atoms with E-state index in [0.29, 0.717) is 12.8 Å². The Hall–Kier alpha value is -1.43. The molecule has 5 nitrogen and oxygen atoms in total. The standard InChI is InChI=1S/C20H26O5/c21-11-5-7-15-17(9-11)25-18-10-12(22)6-8-16(18)19(15)13-3-1-2-4-14(13)20(23)24/h1-4,11-12,15-19,21-22H,5-10H2,(H,23,24)/p-1. The lowest BCUT2D eigenvalue weighted by Gasteiger charge is -2.53. The predicted molar refractivity (Wildman–Crippen MR) is 88.9 cm³/mol. The highest BCUT2D eigenvalue weighted by Gasteiger charge is 2.50. The number of aromatic carboxylic acids is 1. The van der Waals surface area contributed by atoms with Crippen LogP contribution in [0.5, 0.6) is 0 Å². The lowest BCUT2D eigenvalue weighted by molar-refractivity contribution is -0.255. The van der Waals surface area contributed by atoms with Crippen LogP contribution in [0.4, 0.5) is 0 Å². The third-order valence-electron chi connectivity index (χ3n) is 6.44. The molecule has 1 aromatic carbocycles. The van der Waals surface area contributed by atoms with Crippen LogP contribution in [-0.4, -0.2) is 40.6 Å².